The summed E-state index contributed by atoms with van der Waals surface area (Å²) in [6.45, 7) is -0.212. The van der Waals surface area contributed by atoms with E-state index in [-0.39, 0.29) is 23.5 Å². The maximum Gasteiger partial charge on any atom is 0.329 e. The van der Waals surface area contributed by atoms with Gasteiger partial charge in [0.15, 0.2) is 11.2 Å². The number of H-pyrrole nitrogens is 1. The normalized spacial score (nSPS) is 11.2. The Bertz CT molecular complexity index is 1090. The first-order valence-electron chi connectivity index (χ1n) is 7.21. The van der Waals surface area contributed by atoms with Crippen molar-refractivity contribution in [1.29, 1.82) is 0 Å². The van der Waals surface area contributed by atoms with Gasteiger partial charge in [-0.1, -0.05) is 12.1 Å². The topological polar surface area (TPSA) is 134 Å². The summed E-state index contributed by atoms with van der Waals surface area (Å²) >= 11 is 0. The van der Waals surface area contributed by atoms with E-state index in [1.54, 1.807) is 18.2 Å². The number of aromatic nitrogens is 4. The quantitative estimate of drug-likeness (QED) is 0.425. The van der Waals surface area contributed by atoms with Crippen molar-refractivity contribution in [2.24, 2.45) is 12.1 Å². The van der Waals surface area contributed by atoms with Crippen LogP contribution in [0.2, 0.25) is 0 Å². The molecule has 0 fully saturated rings. The molecule has 0 unspecified atom stereocenters. The molecule has 0 aliphatic carbocycles. The third-order valence-electron chi connectivity index (χ3n) is 3.52. The SMILES string of the molecule is Cn1c(=O)[nH]c(=O)c2c1ncn2CC(=O)N/N=C\c1ccccc1O. The van der Waals surface area contributed by atoms with Crippen molar-refractivity contribution < 1.29 is 9.90 Å². The molecule has 10 nitrogen and oxygen atoms in total. The molecule has 0 bridgehead atoms. The lowest BCUT2D eigenvalue weighted by atomic mass is 10.2. The van der Waals surface area contributed by atoms with Crippen LogP contribution in [-0.4, -0.2) is 36.3 Å². The average molecular weight is 342 g/mol. The molecule has 3 aromatic rings. The summed E-state index contributed by atoms with van der Waals surface area (Å²) in [6, 6.07) is 6.52. The molecule has 0 radical (unpaired) electrons. The van der Waals surface area contributed by atoms with Crippen LogP contribution in [0.1, 0.15) is 5.56 Å². The number of phenolic OH excluding ortho intramolecular Hbond substituents is 1. The number of rotatable bonds is 4. The van der Waals surface area contributed by atoms with Crippen LogP contribution in [0, 0.1) is 0 Å². The molecule has 1 amide bonds. The summed E-state index contributed by atoms with van der Waals surface area (Å²) in [5, 5.41) is 13.4. The molecule has 0 saturated heterocycles. The minimum atomic E-state index is -0.624. The second kappa shape index (κ2) is 6.43. The highest BCUT2D eigenvalue weighted by atomic mass is 16.3. The van der Waals surface area contributed by atoms with E-state index in [0.717, 1.165) is 0 Å². The zero-order valence-corrected chi connectivity index (χ0v) is 13.1. The lowest BCUT2D eigenvalue weighted by molar-refractivity contribution is -0.121. The van der Waals surface area contributed by atoms with Crippen LogP contribution >= 0.6 is 0 Å². The average Bonchev–Trinajstić information content (AvgIpc) is 2.99. The number of amides is 1. The van der Waals surface area contributed by atoms with Crippen molar-refractivity contribution in [1.82, 2.24) is 24.5 Å². The summed E-state index contributed by atoms with van der Waals surface area (Å²) in [5.41, 5.74) is 1.83. The fraction of sp³-hybridized carbons (Fsp3) is 0.133. The summed E-state index contributed by atoms with van der Waals surface area (Å²) < 4.78 is 2.50. The smallest absolute Gasteiger partial charge is 0.329 e. The number of carbonyl (C=O) groups excluding carboxylic acids is 1. The van der Waals surface area contributed by atoms with E-state index in [1.807, 2.05) is 0 Å². The number of imidazole rings is 1. The Morgan fingerprint density at radius 1 is 1.40 bits per heavy atom. The minimum Gasteiger partial charge on any atom is -0.507 e. The van der Waals surface area contributed by atoms with E-state index in [2.05, 4.69) is 20.5 Å². The van der Waals surface area contributed by atoms with E-state index < -0.39 is 17.2 Å². The van der Waals surface area contributed by atoms with Crippen LogP contribution in [0.25, 0.3) is 11.2 Å². The van der Waals surface area contributed by atoms with Gasteiger partial charge in [-0.3, -0.25) is 19.1 Å². The number of nitrogens with one attached hydrogen (secondary N) is 2. The first-order valence-corrected chi connectivity index (χ1v) is 7.21. The van der Waals surface area contributed by atoms with Gasteiger partial charge in [-0.05, 0) is 12.1 Å². The van der Waals surface area contributed by atoms with Gasteiger partial charge in [0.1, 0.15) is 12.3 Å². The molecule has 3 rings (SSSR count). The molecule has 2 aromatic heterocycles. The molecule has 0 saturated carbocycles. The number of nitrogens with zero attached hydrogens (tertiary/aromatic N) is 4. The minimum absolute atomic E-state index is 0.0357. The van der Waals surface area contributed by atoms with E-state index in [9.17, 15) is 19.5 Å². The standard InChI is InChI=1S/C15H14N6O4/c1-20-13-12(14(24)18-15(20)25)21(8-16-13)7-11(23)19-17-6-9-4-2-3-5-10(9)22/h2-6,8,22H,7H2,1H3,(H,19,23)(H,18,24,25)/b17-6-. The maximum atomic E-state index is 12.0. The van der Waals surface area contributed by atoms with Gasteiger partial charge in [0.05, 0.1) is 12.5 Å². The molecule has 0 aliphatic heterocycles. The molecular formula is C15H14N6O4. The van der Waals surface area contributed by atoms with Crippen molar-refractivity contribution in [3.8, 4) is 5.75 Å². The molecule has 0 aliphatic rings. The third kappa shape index (κ3) is 3.17. The Labute approximate surface area is 140 Å². The van der Waals surface area contributed by atoms with Gasteiger partial charge in [-0.25, -0.2) is 15.2 Å². The summed E-state index contributed by atoms with van der Waals surface area (Å²) in [7, 11) is 1.47. The number of aromatic hydroxyl groups is 1. The predicted octanol–water partition coefficient (Wildman–Crippen LogP) is -0.721. The molecule has 3 N–H and O–H groups in total. The number of phenols is 1. The zero-order valence-electron chi connectivity index (χ0n) is 13.1. The van der Waals surface area contributed by atoms with Crippen molar-refractivity contribution in [2.45, 2.75) is 6.54 Å². The number of hydrogen-bond donors (Lipinski definition) is 3. The number of aryl methyl sites for hydroxylation is 1. The van der Waals surface area contributed by atoms with Gasteiger partial charge in [-0.15, -0.1) is 0 Å². The Kier molecular flexibility index (Phi) is 4.16. The molecule has 1 aromatic carbocycles. The number of para-hydroxylation sites is 1. The first kappa shape index (κ1) is 16.2. The number of hydrogen-bond acceptors (Lipinski definition) is 6. The Hall–Kier alpha value is -3.69. The van der Waals surface area contributed by atoms with Gasteiger partial charge in [-0.2, -0.15) is 5.10 Å². The van der Waals surface area contributed by atoms with E-state index in [0.29, 0.717) is 5.56 Å². The predicted molar refractivity (Wildman–Crippen MR) is 89.4 cm³/mol. The van der Waals surface area contributed by atoms with Gasteiger partial charge in [0, 0.05) is 12.6 Å². The van der Waals surface area contributed by atoms with Crippen LogP contribution < -0.4 is 16.7 Å². The molecule has 2 heterocycles. The fourth-order valence-electron chi connectivity index (χ4n) is 2.27. The number of benzene rings is 1. The lowest BCUT2D eigenvalue weighted by Crippen LogP contribution is -2.30. The van der Waals surface area contributed by atoms with Crippen LogP contribution in [0.3, 0.4) is 0 Å². The highest BCUT2D eigenvalue weighted by molar-refractivity contribution is 5.85. The highest BCUT2D eigenvalue weighted by Gasteiger charge is 2.13. The Morgan fingerprint density at radius 3 is 2.92 bits per heavy atom. The number of fused-ring (bicyclic) bond motifs is 1. The van der Waals surface area contributed by atoms with Gasteiger partial charge >= 0.3 is 5.69 Å². The molecule has 0 atom stereocenters. The van der Waals surface area contributed by atoms with Crippen molar-refractivity contribution in [3.05, 3.63) is 57.0 Å². The molecule has 25 heavy (non-hydrogen) atoms. The fourth-order valence-corrected chi connectivity index (χ4v) is 2.27. The van der Waals surface area contributed by atoms with E-state index in [4.69, 9.17) is 0 Å². The first-order chi connectivity index (χ1) is 12.0. The summed E-state index contributed by atoms with van der Waals surface area (Å²) in [6.07, 6.45) is 2.60. The van der Waals surface area contributed by atoms with Crippen LogP contribution in [0.4, 0.5) is 0 Å². The highest BCUT2D eigenvalue weighted by Crippen LogP contribution is 2.12. The Morgan fingerprint density at radius 2 is 2.16 bits per heavy atom. The second-order valence-corrected chi connectivity index (χ2v) is 5.21. The zero-order chi connectivity index (χ0) is 18.0. The largest absolute Gasteiger partial charge is 0.507 e. The Balaban J connectivity index is 1.77. The molecular weight excluding hydrogens is 328 g/mol. The molecule has 10 heteroatoms. The third-order valence-corrected chi connectivity index (χ3v) is 3.52. The van der Waals surface area contributed by atoms with Gasteiger partial charge < -0.3 is 9.67 Å². The summed E-state index contributed by atoms with van der Waals surface area (Å²) in [5.74, 6) is -0.465. The maximum absolute atomic E-state index is 12.0. The van der Waals surface area contributed by atoms with E-state index >= 15 is 0 Å². The summed E-state index contributed by atoms with van der Waals surface area (Å²) in [4.78, 5) is 41.6. The molecule has 128 valence electrons. The van der Waals surface area contributed by atoms with Crippen molar-refractivity contribution >= 4 is 23.3 Å². The second-order valence-electron chi connectivity index (χ2n) is 5.21. The van der Waals surface area contributed by atoms with Crippen LogP contribution in [0.15, 0.2) is 45.3 Å². The number of hydrazone groups is 1. The van der Waals surface area contributed by atoms with Crippen LogP contribution in [0.5, 0.6) is 5.75 Å². The lowest BCUT2D eigenvalue weighted by Gasteiger charge is -2.03. The number of aromatic amines is 1. The van der Waals surface area contributed by atoms with Crippen molar-refractivity contribution in [2.75, 3.05) is 0 Å². The van der Waals surface area contributed by atoms with E-state index in [1.165, 1.54) is 34.8 Å². The van der Waals surface area contributed by atoms with Gasteiger partial charge in [0.2, 0.25) is 0 Å². The van der Waals surface area contributed by atoms with Crippen LogP contribution in [-0.2, 0) is 18.4 Å². The van der Waals surface area contributed by atoms with Crippen molar-refractivity contribution in [3.63, 3.8) is 0 Å². The number of carbonyl (C=O) groups is 1. The monoisotopic (exact) mass is 342 g/mol. The van der Waals surface area contributed by atoms with Gasteiger partial charge in [0.25, 0.3) is 11.5 Å². The molecule has 0 spiro atoms.